The molecule has 114 valence electrons. The quantitative estimate of drug-likeness (QED) is 0.857. The highest BCUT2D eigenvalue weighted by Gasteiger charge is 2.18. The maximum atomic E-state index is 12.2. The molecule has 0 radical (unpaired) electrons. The summed E-state index contributed by atoms with van der Waals surface area (Å²) < 4.78 is 10.8. The van der Waals surface area contributed by atoms with E-state index in [1.165, 1.54) is 0 Å². The van der Waals surface area contributed by atoms with Gasteiger partial charge in [-0.05, 0) is 37.5 Å². The summed E-state index contributed by atoms with van der Waals surface area (Å²) in [5.74, 6) is 1.06. The van der Waals surface area contributed by atoms with E-state index in [4.69, 9.17) is 14.3 Å². The molecule has 21 heavy (non-hydrogen) atoms. The molecule has 0 bridgehead atoms. The second-order valence-electron chi connectivity index (χ2n) is 5.25. The molecule has 5 heteroatoms. The highest BCUT2D eigenvalue weighted by Crippen LogP contribution is 2.28. The highest BCUT2D eigenvalue weighted by molar-refractivity contribution is 5.99. The van der Waals surface area contributed by atoms with E-state index in [0.29, 0.717) is 24.3 Å². The molecule has 1 aromatic carbocycles. The fourth-order valence-electron chi connectivity index (χ4n) is 2.21. The van der Waals surface area contributed by atoms with Crippen molar-refractivity contribution in [3.63, 3.8) is 0 Å². The van der Waals surface area contributed by atoms with E-state index in [0.717, 1.165) is 16.7 Å². The molecule has 1 unspecified atom stereocenters. The molecule has 0 fully saturated rings. The molecule has 5 nitrogen and oxygen atoms in total. The van der Waals surface area contributed by atoms with Crippen LogP contribution in [0.1, 0.15) is 29.5 Å². The van der Waals surface area contributed by atoms with Gasteiger partial charge in [0.15, 0.2) is 5.76 Å². The standard InChI is InChI=1S/C16H21NO4/c1-10(6-7-18)9-17-16(19)15-11(2)13-8-12(20-3)4-5-14(13)21-15/h4-5,8,10,18H,6-7,9H2,1-3H3,(H,17,19). The van der Waals surface area contributed by atoms with E-state index in [2.05, 4.69) is 5.32 Å². The third-order valence-corrected chi connectivity index (χ3v) is 3.58. The Morgan fingerprint density at radius 2 is 2.24 bits per heavy atom. The predicted molar refractivity (Wildman–Crippen MR) is 80.7 cm³/mol. The molecular weight excluding hydrogens is 270 g/mol. The average molecular weight is 291 g/mol. The second kappa shape index (κ2) is 6.63. The van der Waals surface area contributed by atoms with Crippen LogP contribution < -0.4 is 10.1 Å². The van der Waals surface area contributed by atoms with Crippen molar-refractivity contribution >= 4 is 16.9 Å². The Labute approximate surface area is 123 Å². The van der Waals surface area contributed by atoms with Crippen molar-refractivity contribution in [2.24, 2.45) is 5.92 Å². The number of aliphatic hydroxyl groups excluding tert-OH is 1. The number of ether oxygens (including phenoxy) is 1. The third kappa shape index (κ3) is 3.36. The second-order valence-corrected chi connectivity index (χ2v) is 5.25. The van der Waals surface area contributed by atoms with Crippen LogP contribution in [-0.2, 0) is 0 Å². The molecule has 2 rings (SSSR count). The number of furan rings is 1. The zero-order valence-corrected chi connectivity index (χ0v) is 12.6. The largest absolute Gasteiger partial charge is 0.497 e. The van der Waals surface area contributed by atoms with Crippen molar-refractivity contribution in [1.29, 1.82) is 0 Å². The summed E-state index contributed by atoms with van der Waals surface area (Å²) in [5, 5.41) is 12.6. The Morgan fingerprint density at radius 1 is 1.48 bits per heavy atom. The number of carbonyl (C=O) groups is 1. The van der Waals surface area contributed by atoms with Gasteiger partial charge in [0, 0.05) is 24.1 Å². The number of hydrogen-bond donors (Lipinski definition) is 2. The van der Waals surface area contributed by atoms with Crippen LogP contribution in [0.2, 0.25) is 0 Å². The number of rotatable bonds is 6. The van der Waals surface area contributed by atoms with Gasteiger partial charge in [-0.1, -0.05) is 6.92 Å². The Hall–Kier alpha value is -2.01. The summed E-state index contributed by atoms with van der Waals surface area (Å²) in [6, 6.07) is 5.46. The van der Waals surface area contributed by atoms with Crippen molar-refractivity contribution < 1.29 is 19.1 Å². The van der Waals surface area contributed by atoms with E-state index in [1.807, 2.05) is 19.9 Å². The zero-order chi connectivity index (χ0) is 15.4. The molecule has 2 N–H and O–H groups in total. The molecule has 0 aliphatic heterocycles. The first-order valence-electron chi connectivity index (χ1n) is 7.03. The average Bonchev–Trinajstić information content (AvgIpc) is 2.82. The van der Waals surface area contributed by atoms with Gasteiger partial charge in [0.25, 0.3) is 5.91 Å². The molecule has 1 aromatic heterocycles. The molecule has 0 saturated heterocycles. The van der Waals surface area contributed by atoms with E-state index >= 15 is 0 Å². The monoisotopic (exact) mass is 291 g/mol. The summed E-state index contributed by atoms with van der Waals surface area (Å²) in [6.07, 6.45) is 0.663. The SMILES string of the molecule is COc1ccc2oc(C(=O)NCC(C)CCO)c(C)c2c1. The fourth-order valence-corrected chi connectivity index (χ4v) is 2.21. The normalized spacial score (nSPS) is 12.4. The predicted octanol–water partition coefficient (Wildman–Crippen LogP) is 2.50. The van der Waals surface area contributed by atoms with E-state index < -0.39 is 0 Å². The molecule has 0 aliphatic rings. The number of hydrogen-bond acceptors (Lipinski definition) is 4. The molecule has 0 aliphatic carbocycles. The lowest BCUT2D eigenvalue weighted by Gasteiger charge is -2.10. The van der Waals surface area contributed by atoms with Crippen LogP contribution in [0.3, 0.4) is 0 Å². The molecule has 0 saturated carbocycles. The summed E-state index contributed by atoms with van der Waals surface area (Å²) in [4.78, 5) is 12.2. The van der Waals surface area contributed by atoms with Gasteiger partial charge in [0.05, 0.1) is 7.11 Å². The van der Waals surface area contributed by atoms with Gasteiger partial charge >= 0.3 is 0 Å². The maximum absolute atomic E-state index is 12.2. The van der Waals surface area contributed by atoms with Crippen LogP contribution >= 0.6 is 0 Å². The molecule has 2 aromatic rings. The zero-order valence-electron chi connectivity index (χ0n) is 12.6. The number of carbonyl (C=O) groups excluding carboxylic acids is 1. The number of fused-ring (bicyclic) bond motifs is 1. The Balaban J connectivity index is 2.18. The summed E-state index contributed by atoms with van der Waals surface area (Å²) >= 11 is 0. The first kappa shape index (κ1) is 15.4. The minimum atomic E-state index is -0.229. The topological polar surface area (TPSA) is 71.7 Å². The fraction of sp³-hybridized carbons (Fsp3) is 0.438. The summed E-state index contributed by atoms with van der Waals surface area (Å²) in [5.41, 5.74) is 1.47. The van der Waals surface area contributed by atoms with Gasteiger partial charge in [-0.15, -0.1) is 0 Å². The third-order valence-electron chi connectivity index (χ3n) is 3.58. The number of nitrogens with one attached hydrogen (secondary N) is 1. The van der Waals surface area contributed by atoms with Crippen LogP contribution in [0.15, 0.2) is 22.6 Å². The Kier molecular flexibility index (Phi) is 4.85. The van der Waals surface area contributed by atoms with Gasteiger partial charge in [0.2, 0.25) is 0 Å². The summed E-state index contributed by atoms with van der Waals surface area (Å²) in [6.45, 7) is 4.48. The van der Waals surface area contributed by atoms with E-state index in [1.54, 1.807) is 19.2 Å². The molecular formula is C16H21NO4. The van der Waals surface area contributed by atoms with Crippen LogP contribution in [0.25, 0.3) is 11.0 Å². The number of aliphatic hydroxyl groups is 1. The smallest absolute Gasteiger partial charge is 0.287 e. The minimum Gasteiger partial charge on any atom is -0.497 e. The molecule has 1 atom stereocenters. The van der Waals surface area contributed by atoms with Crippen molar-refractivity contribution in [2.45, 2.75) is 20.3 Å². The number of methoxy groups -OCH3 is 1. The van der Waals surface area contributed by atoms with Crippen LogP contribution in [0.4, 0.5) is 0 Å². The van der Waals surface area contributed by atoms with Gasteiger partial charge in [-0.3, -0.25) is 4.79 Å². The van der Waals surface area contributed by atoms with Gasteiger partial charge in [-0.25, -0.2) is 0 Å². The maximum Gasteiger partial charge on any atom is 0.287 e. The van der Waals surface area contributed by atoms with Gasteiger partial charge < -0.3 is 19.6 Å². The van der Waals surface area contributed by atoms with Gasteiger partial charge in [0.1, 0.15) is 11.3 Å². The van der Waals surface area contributed by atoms with Crippen molar-refractivity contribution in [3.8, 4) is 5.75 Å². The van der Waals surface area contributed by atoms with Gasteiger partial charge in [-0.2, -0.15) is 0 Å². The molecule has 0 spiro atoms. The van der Waals surface area contributed by atoms with Crippen molar-refractivity contribution in [2.75, 3.05) is 20.3 Å². The number of amides is 1. The Bertz CT molecular complexity index is 632. The van der Waals surface area contributed by atoms with Crippen molar-refractivity contribution in [1.82, 2.24) is 5.32 Å². The van der Waals surface area contributed by atoms with Crippen LogP contribution in [0, 0.1) is 12.8 Å². The lowest BCUT2D eigenvalue weighted by atomic mass is 10.1. The van der Waals surface area contributed by atoms with E-state index in [-0.39, 0.29) is 18.4 Å². The first-order valence-corrected chi connectivity index (χ1v) is 7.03. The summed E-state index contributed by atoms with van der Waals surface area (Å²) in [7, 11) is 1.60. The molecule has 1 amide bonds. The highest BCUT2D eigenvalue weighted by atomic mass is 16.5. The number of benzene rings is 1. The number of aryl methyl sites for hydroxylation is 1. The molecule has 1 heterocycles. The van der Waals surface area contributed by atoms with E-state index in [9.17, 15) is 4.79 Å². The van der Waals surface area contributed by atoms with Crippen LogP contribution in [0.5, 0.6) is 5.75 Å². The van der Waals surface area contributed by atoms with Crippen LogP contribution in [-0.4, -0.2) is 31.3 Å². The minimum absolute atomic E-state index is 0.125. The lowest BCUT2D eigenvalue weighted by molar-refractivity contribution is 0.0919. The lowest BCUT2D eigenvalue weighted by Crippen LogP contribution is -2.28. The first-order chi connectivity index (χ1) is 10.1. The van der Waals surface area contributed by atoms with Crippen molar-refractivity contribution in [3.05, 3.63) is 29.5 Å². The Morgan fingerprint density at radius 3 is 2.90 bits per heavy atom.